The van der Waals surface area contributed by atoms with Gasteiger partial charge in [0.1, 0.15) is 16.7 Å². The smallest absolute Gasteiger partial charge is 0.270 e. The van der Waals surface area contributed by atoms with Gasteiger partial charge in [0.05, 0.1) is 31.5 Å². The van der Waals surface area contributed by atoms with Crippen molar-refractivity contribution in [1.82, 2.24) is 19.6 Å². The number of carbonyl (C=O) groups is 3. The molecule has 39 heavy (non-hydrogen) atoms. The number of nitrogen functional groups attached to an aromatic ring is 1. The molecule has 11 nitrogen and oxygen atoms in total. The second-order valence-electron chi connectivity index (χ2n) is 8.53. The molecule has 202 valence electrons. The summed E-state index contributed by atoms with van der Waals surface area (Å²) in [6, 6.07) is 15.1. The van der Waals surface area contributed by atoms with Crippen LogP contribution < -0.4 is 21.5 Å². The molecule has 2 aromatic heterocycles. The Kier molecular flexibility index (Phi) is 8.69. The summed E-state index contributed by atoms with van der Waals surface area (Å²) < 4.78 is 14.6. The topological polar surface area (TPSA) is 163 Å². The maximum atomic E-state index is 14.1. The first kappa shape index (κ1) is 27.5. The van der Waals surface area contributed by atoms with Crippen molar-refractivity contribution in [2.75, 3.05) is 33.1 Å². The highest BCUT2D eigenvalue weighted by Crippen LogP contribution is 2.33. The fraction of sp³-hybridized carbons (Fsp3) is 0.222. The van der Waals surface area contributed by atoms with Gasteiger partial charge in [-0.25, -0.2) is 0 Å². The van der Waals surface area contributed by atoms with Gasteiger partial charge in [-0.15, -0.1) is 0 Å². The van der Waals surface area contributed by atoms with E-state index in [-0.39, 0.29) is 36.0 Å². The summed E-state index contributed by atoms with van der Waals surface area (Å²) >= 11 is 0.750. The van der Waals surface area contributed by atoms with Gasteiger partial charge in [0.25, 0.3) is 11.8 Å². The Balaban J connectivity index is 1.87. The molecular weight excluding hydrogens is 520 g/mol. The van der Waals surface area contributed by atoms with Crippen LogP contribution in [0.1, 0.15) is 37.3 Å². The van der Waals surface area contributed by atoms with Crippen LogP contribution in [0.15, 0.2) is 60.8 Å². The van der Waals surface area contributed by atoms with Crippen LogP contribution in [-0.2, 0) is 16.1 Å². The number of benzene rings is 2. The molecule has 2 heterocycles. The zero-order valence-electron chi connectivity index (χ0n) is 21.4. The normalized spacial score (nSPS) is 11.6. The number of para-hydroxylation sites is 1. The van der Waals surface area contributed by atoms with Crippen LogP contribution in [0.4, 0.5) is 5.69 Å². The lowest BCUT2D eigenvalue weighted by atomic mass is 10.00. The van der Waals surface area contributed by atoms with Gasteiger partial charge in [-0.3, -0.25) is 19.4 Å². The molecule has 0 radical (unpaired) electrons. The number of aromatic nitrogens is 2. The first-order valence-electron chi connectivity index (χ1n) is 11.9. The van der Waals surface area contributed by atoms with Gasteiger partial charge < -0.3 is 31.2 Å². The van der Waals surface area contributed by atoms with E-state index in [1.165, 1.54) is 19.1 Å². The molecule has 5 N–H and O–H groups in total. The fourth-order valence-electron chi connectivity index (χ4n) is 4.17. The van der Waals surface area contributed by atoms with E-state index in [0.29, 0.717) is 16.9 Å². The number of amides is 3. The zero-order valence-corrected chi connectivity index (χ0v) is 22.2. The number of primary amides is 1. The minimum absolute atomic E-state index is 0.00385. The first-order chi connectivity index (χ1) is 18.8. The third-order valence-electron chi connectivity index (χ3n) is 6.06. The molecule has 0 spiro atoms. The average Bonchev–Trinajstić information content (AvgIpc) is 3.34. The van der Waals surface area contributed by atoms with Crippen molar-refractivity contribution in [2.24, 2.45) is 5.73 Å². The summed E-state index contributed by atoms with van der Waals surface area (Å²) in [7, 11) is 3.05. The Hall–Kier alpha value is -4.55. The number of fused-ring (bicyclic) bond motifs is 1. The van der Waals surface area contributed by atoms with Gasteiger partial charge in [0, 0.05) is 30.8 Å². The highest BCUT2D eigenvalue weighted by atomic mass is 32.1. The van der Waals surface area contributed by atoms with Crippen molar-refractivity contribution in [1.29, 1.82) is 0 Å². The number of carbonyl (C=O) groups excluding carboxylic acids is 3. The Morgan fingerprint density at radius 1 is 1.10 bits per heavy atom. The van der Waals surface area contributed by atoms with Crippen molar-refractivity contribution >= 4 is 45.8 Å². The Labute approximate surface area is 228 Å². The highest BCUT2D eigenvalue weighted by molar-refractivity contribution is 7.09. The average molecular weight is 549 g/mol. The quantitative estimate of drug-likeness (QED) is 0.241. The minimum Gasteiger partial charge on any atom is -0.496 e. The third-order valence-corrected chi connectivity index (χ3v) is 6.91. The summed E-state index contributed by atoms with van der Waals surface area (Å²) in [4.78, 5) is 45.4. The Morgan fingerprint density at radius 3 is 2.62 bits per heavy atom. The molecule has 3 amide bonds. The predicted octanol–water partition coefficient (Wildman–Crippen LogP) is 2.53. The molecule has 12 heteroatoms. The van der Waals surface area contributed by atoms with Crippen LogP contribution in [0.3, 0.4) is 0 Å². The van der Waals surface area contributed by atoms with Gasteiger partial charge >= 0.3 is 0 Å². The number of nitrogens with one attached hydrogen (secondary N) is 1. The van der Waals surface area contributed by atoms with Gasteiger partial charge in [-0.05, 0) is 41.4 Å². The van der Waals surface area contributed by atoms with E-state index >= 15 is 0 Å². The predicted molar refractivity (Wildman–Crippen MR) is 147 cm³/mol. The SMILES string of the molecule is COCCNC(=O)C(c1ccc2ncccc2c1)N(Cc1ccccc1OC)C(=O)c1snc(C(N)=O)c1N. The van der Waals surface area contributed by atoms with Crippen LogP contribution in [0.2, 0.25) is 0 Å². The zero-order chi connectivity index (χ0) is 27.9. The second kappa shape index (κ2) is 12.3. The number of methoxy groups -OCH3 is 2. The molecule has 4 rings (SSSR count). The van der Waals surface area contributed by atoms with Gasteiger partial charge in [0.15, 0.2) is 5.69 Å². The lowest BCUT2D eigenvalue weighted by molar-refractivity contribution is -0.126. The summed E-state index contributed by atoms with van der Waals surface area (Å²) in [5, 5.41) is 3.64. The maximum Gasteiger partial charge on any atom is 0.270 e. The van der Waals surface area contributed by atoms with Crippen LogP contribution in [0, 0.1) is 0 Å². The summed E-state index contributed by atoms with van der Waals surface area (Å²) in [5.74, 6) is -1.35. The molecule has 0 fully saturated rings. The largest absolute Gasteiger partial charge is 0.496 e. The molecule has 0 saturated carbocycles. The van der Waals surface area contributed by atoms with E-state index in [1.54, 1.807) is 42.6 Å². The molecule has 0 aliphatic heterocycles. The van der Waals surface area contributed by atoms with E-state index in [1.807, 2.05) is 18.2 Å². The summed E-state index contributed by atoms with van der Waals surface area (Å²) in [6.45, 7) is 0.496. The molecule has 0 saturated heterocycles. The molecule has 1 unspecified atom stereocenters. The lowest BCUT2D eigenvalue weighted by Gasteiger charge is -2.32. The number of nitrogens with zero attached hydrogens (tertiary/aromatic N) is 3. The number of anilines is 1. The van der Waals surface area contributed by atoms with Crippen molar-refractivity contribution in [3.05, 3.63) is 82.5 Å². The van der Waals surface area contributed by atoms with E-state index in [0.717, 1.165) is 22.4 Å². The molecular formula is C27H28N6O5S. The molecule has 2 aromatic carbocycles. The molecule has 1 atom stereocenters. The lowest BCUT2D eigenvalue weighted by Crippen LogP contribution is -2.44. The van der Waals surface area contributed by atoms with Crippen molar-refractivity contribution < 1.29 is 23.9 Å². The summed E-state index contributed by atoms with van der Waals surface area (Å²) in [6.07, 6.45) is 1.68. The number of nitrogens with two attached hydrogens (primary N) is 2. The van der Waals surface area contributed by atoms with Gasteiger partial charge in [-0.2, -0.15) is 4.37 Å². The fourth-order valence-corrected chi connectivity index (χ4v) is 4.93. The Bertz CT molecular complexity index is 1510. The van der Waals surface area contributed by atoms with Gasteiger partial charge in [0.2, 0.25) is 5.91 Å². The molecule has 0 aliphatic carbocycles. The third kappa shape index (κ3) is 5.97. The minimum atomic E-state index is -1.09. The number of rotatable bonds is 11. The van der Waals surface area contributed by atoms with E-state index in [9.17, 15) is 14.4 Å². The van der Waals surface area contributed by atoms with Crippen molar-refractivity contribution in [3.8, 4) is 5.75 Å². The van der Waals surface area contributed by atoms with E-state index in [2.05, 4.69) is 14.7 Å². The number of hydrogen-bond acceptors (Lipinski definition) is 9. The Morgan fingerprint density at radius 2 is 1.90 bits per heavy atom. The maximum absolute atomic E-state index is 14.1. The van der Waals surface area contributed by atoms with Crippen LogP contribution in [0.25, 0.3) is 10.9 Å². The van der Waals surface area contributed by atoms with E-state index in [4.69, 9.17) is 20.9 Å². The highest BCUT2D eigenvalue weighted by Gasteiger charge is 2.35. The first-order valence-corrected chi connectivity index (χ1v) is 12.7. The van der Waals surface area contributed by atoms with E-state index < -0.39 is 23.8 Å². The van der Waals surface area contributed by atoms with Gasteiger partial charge in [-0.1, -0.05) is 30.3 Å². The number of ether oxygens (including phenoxy) is 2. The van der Waals surface area contributed by atoms with Crippen molar-refractivity contribution in [2.45, 2.75) is 12.6 Å². The van der Waals surface area contributed by atoms with Crippen LogP contribution >= 0.6 is 11.5 Å². The number of pyridine rings is 1. The molecule has 0 bridgehead atoms. The van der Waals surface area contributed by atoms with Crippen LogP contribution in [0.5, 0.6) is 5.75 Å². The summed E-state index contributed by atoms with van der Waals surface area (Å²) in [5.41, 5.74) is 13.1. The second-order valence-corrected chi connectivity index (χ2v) is 9.30. The standard InChI is InChI=1S/C27H28N6O5S/c1-37-13-12-31-26(35)23(17-9-10-19-16(14-17)7-5-11-30-19)33(15-18-6-3-4-8-20(18)38-2)27(36)24-21(28)22(25(29)34)32-39-24/h3-11,14,23H,12-13,15,28H2,1-2H3,(H2,29,34)(H,31,35). The molecule has 4 aromatic rings. The monoisotopic (exact) mass is 548 g/mol. The van der Waals surface area contributed by atoms with Crippen molar-refractivity contribution in [3.63, 3.8) is 0 Å². The van der Waals surface area contributed by atoms with Crippen LogP contribution in [-0.4, -0.2) is 59.4 Å². The number of hydrogen-bond donors (Lipinski definition) is 3. The molecule has 0 aliphatic rings.